The van der Waals surface area contributed by atoms with Crippen LogP contribution in [0.5, 0.6) is 11.5 Å². The number of halogens is 2. The third-order valence-electron chi connectivity index (χ3n) is 3.66. The van der Waals surface area contributed by atoms with Crippen molar-refractivity contribution in [1.82, 2.24) is 10.2 Å². The van der Waals surface area contributed by atoms with Crippen molar-refractivity contribution in [2.24, 2.45) is 0 Å². The lowest BCUT2D eigenvalue weighted by Gasteiger charge is -2.35. The first-order valence-electron chi connectivity index (χ1n) is 7.30. The molecule has 0 aromatic heterocycles. The van der Waals surface area contributed by atoms with E-state index in [1.165, 1.54) is 6.07 Å². The highest BCUT2D eigenvalue weighted by molar-refractivity contribution is 5.42. The molecule has 0 saturated carbocycles. The maximum atomic E-state index is 12.9. The molecule has 0 unspecified atom stereocenters. The number of rotatable bonds is 6. The quantitative estimate of drug-likeness (QED) is 0.847. The van der Waals surface area contributed by atoms with Gasteiger partial charge in [0.05, 0.1) is 6.61 Å². The van der Waals surface area contributed by atoms with Gasteiger partial charge in [0.15, 0.2) is 11.5 Å². The summed E-state index contributed by atoms with van der Waals surface area (Å²) in [6, 6.07) is 4.54. The zero-order chi connectivity index (χ0) is 15.2. The standard InChI is InChI=1S/C15H22F2N2O2/c1-2-21-14-9-11(3-4-13(14)20)12(10-15(16)17)19-7-5-18-6-8-19/h3-4,9,12,15,18,20H,2,5-8,10H2,1H3/t12-/m0/s1. The number of hydrogen-bond acceptors (Lipinski definition) is 4. The van der Waals surface area contributed by atoms with E-state index in [1.807, 2.05) is 6.92 Å². The Balaban J connectivity index is 2.24. The maximum absolute atomic E-state index is 12.9. The van der Waals surface area contributed by atoms with Gasteiger partial charge in [-0.2, -0.15) is 0 Å². The molecule has 1 aromatic carbocycles. The highest BCUT2D eigenvalue weighted by Crippen LogP contribution is 2.34. The van der Waals surface area contributed by atoms with Gasteiger partial charge in [0.2, 0.25) is 6.43 Å². The van der Waals surface area contributed by atoms with Crippen molar-refractivity contribution in [2.45, 2.75) is 25.8 Å². The van der Waals surface area contributed by atoms with Gasteiger partial charge < -0.3 is 15.2 Å². The van der Waals surface area contributed by atoms with E-state index in [2.05, 4.69) is 10.2 Å². The second-order valence-electron chi connectivity index (χ2n) is 5.09. The Hall–Kier alpha value is -1.40. The van der Waals surface area contributed by atoms with Crippen LogP contribution in [0.3, 0.4) is 0 Å². The number of nitrogens with zero attached hydrogens (tertiary/aromatic N) is 1. The summed E-state index contributed by atoms with van der Waals surface area (Å²) in [4.78, 5) is 2.06. The van der Waals surface area contributed by atoms with Crippen LogP contribution >= 0.6 is 0 Å². The van der Waals surface area contributed by atoms with E-state index in [-0.39, 0.29) is 18.2 Å². The molecular formula is C15H22F2N2O2. The summed E-state index contributed by atoms with van der Waals surface area (Å²) in [5, 5.41) is 13.0. The minimum atomic E-state index is -2.37. The molecule has 118 valence electrons. The average Bonchev–Trinajstić information content (AvgIpc) is 2.48. The molecule has 1 aromatic rings. The summed E-state index contributed by atoms with van der Waals surface area (Å²) < 4.78 is 31.2. The van der Waals surface area contributed by atoms with Crippen molar-refractivity contribution in [3.8, 4) is 11.5 Å². The molecule has 21 heavy (non-hydrogen) atoms. The molecule has 1 heterocycles. The molecule has 0 spiro atoms. The number of phenols is 1. The van der Waals surface area contributed by atoms with E-state index in [9.17, 15) is 13.9 Å². The van der Waals surface area contributed by atoms with Gasteiger partial charge in [-0.15, -0.1) is 0 Å². The fraction of sp³-hybridized carbons (Fsp3) is 0.600. The van der Waals surface area contributed by atoms with Crippen LogP contribution < -0.4 is 10.1 Å². The molecule has 0 bridgehead atoms. The van der Waals surface area contributed by atoms with Crippen molar-refractivity contribution >= 4 is 0 Å². The Labute approximate surface area is 123 Å². The minimum absolute atomic E-state index is 0.0386. The Bertz CT molecular complexity index is 451. The molecule has 2 N–H and O–H groups in total. The van der Waals surface area contributed by atoms with Crippen LogP contribution in [0.4, 0.5) is 8.78 Å². The van der Waals surface area contributed by atoms with Crippen molar-refractivity contribution in [3.63, 3.8) is 0 Å². The highest BCUT2D eigenvalue weighted by atomic mass is 19.3. The highest BCUT2D eigenvalue weighted by Gasteiger charge is 2.26. The number of benzene rings is 1. The zero-order valence-electron chi connectivity index (χ0n) is 12.2. The number of piperazine rings is 1. The predicted molar refractivity (Wildman–Crippen MR) is 77.1 cm³/mol. The SMILES string of the molecule is CCOc1cc([C@H](CC(F)F)N2CCNCC2)ccc1O. The molecule has 0 radical (unpaired) electrons. The van der Waals surface area contributed by atoms with E-state index in [4.69, 9.17) is 4.74 Å². The number of nitrogens with one attached hydrogen (secondary N) is 1. The number of ether oxygens (including phenoxy) is 1. The number of phenolic OH excluding ortho intramolecular Hbond substituents is 1. The van der Waals surface area contributed by atoms with E-state index < -0.39 is 6.43 Å². The number of alkyl halides is 2. The fourth-order valence-corrected chi connectivity index (χ4v) is 2.67. The Morgan fingerprint density at radius 1 is 1.33 bits per heavy atom. The summed E-state index contributed by atoms with van der Waals surface area (Å²) in [7, 11) is 0. The smallest absolute Gasteiger partial charge is 0.240 e. The van der Waals surface area contributed by atoms with Crippen LogP contribution in [0.15, 0.2) is 18.2 Å². The first-order chi connectivity index (χ1) is 10.1. The minimum Gasteiger partial charge on any atom is -0.504 e. The maximum Gasteiger partial charge on any atom is 0.240 e. The molecule has 1 fully saturated rings. The first kappa shape index (κ1) is 16.0. The number of aromatic hydroxyl groups is 1. The molecule has 1 aliphatic heterocycles. The summed E-state index contributed by atoms with van der Waals surface area (Å²) in [6.45, 7) is 5.32. The van der Waals surface area contributed by atoms with Crippen molar-refractivity contribution in [3.05, 3.63) is 23.8 Å². The fourth-order valence-electron chi connectivity index (χ4n) is 2.67. The average molecular weight is 300 g/mol. The van der Waals surface area contributed by atoms with Crippen LogP contribution in [-0.2, 0) is 0 Å². The van der Waals surface area contributed by atoms with Gasteiger partial charge in [0, 0.05) is 38.6 Å². The predicted octanol–water partition coefficient (Wildman–Crippen LogP) is 2.39. The summed E-state index contributed by atoms with van der Waals surface area (Å²) in [5.74, 6) is 0.390. The Morgan fingerprint density at radius 3 is 2.67 bits per heavy atom. The molecular weight excluding hydrogens is 278 g/mol. The first-order valence-corrected chi connectivity index (χ1v) is 7.30. The van der Waals surface area contributed by atoms with Crippen molar-refractivity contribution in [1.29, 1.82) is 0 Å². The number of hydrogen-bond donors (Lipinski definition) is 2. The third-order valence-corrected chi connectivity index (χ3v) is 3.66. The van der Waals surface area contributed by atoms with E-state index in [0.717, 1.165) is 31.7 Å². The van der Waals surface area contributed by atoms with Gasteiger partial charge in [0.1, 0.15) is 0 Å². The molecule has 1 aliphatic rings. The van der Waals surface area contributed by atoms with Crippen LogP contribution in [0.1, 0.15) is 24.9 Å². The lowest BCUT2D eigenvalue weighted by atomic mass is 10.0. The van der Waals surface area contributed by atoms with Gasteiger partial charge in [-0.1, -0.05) is 6.07 Å². The second-order valence-corrected chi connectivity index (χ2v) is 5.09. The van der Waals surface area contributed by atoms with Gasteiger partial charge in [-0.3, -0.25) is 4.90 Å². The Morgan fingerprint density at radius 2 is 2.05 bits per heavy atom. The Kier molecular flexibility index (Phi) is 5.76. The van der Waals surface area contributed by atoms with Crippen LogP contribution in [0, 0.1) is 0 Å². The monoisotopic (exact) mass is 300 g/mol. The van der Waals surface area contributed by atoms with Gasteiger partial charge in [-0.25, -0.2) is 8.78 Å². The molecule has 0 amide bonds. The summed E-state index contributed by atoms with van der Waals surface area (Å²) in [6.07, 6.45) is -2.58. The van der Waals surface area contributed by atoms with E-state index in [1.54, 1.807) is 12.1 Å². The van der Waals surface area contributed by atoms with Crippen LogP contribution in [0.2, 0.25) is 0 Å². The topological polar surface area (TPSA) is 44.7 Å². The summed E-state index contributed by atoms with van der Waals surface area (Å²) in [5.41, 5.74) is 0.762. The van der Waals surface area contributed by atoms with Gasteiger partial charge >= 0.3 is 0 Å². The molecule has 2 rings (SSSR count). The largest absolute Gasteiger partial charge is 0.504 e. The molecule has 0 aliphatic carbocycles. The van der Waals surface area contributed by atoms with Gasteiger partial charge in [-0.05, 0) is 24.6 Å². The lowest BCUT2D eigenvalue weighted by Crippen LogP contribution is -2.45. The molecule has 1 atom stereocenters. The second kappa shape index (κ2) is 7.56. The van der Waals surface area contributed by atoms with E-state index >= 15 is 0 Å². The third kappa shape index (κ3) is 4.28. The molecule has 4 nitrogen and oxygen atoms in total. The normalized spacial score (nSPS) is 17.9. The molecule has 1 saturated heterocycles. The molecule has 6 heteroatoms. The van der Waals surface area contributed by atoms with Crippen LogP contribution in [0.25, 0.3) is 0 Å². The van der Waals surface area contributed by atoms with Crippen LogP contribution in [-0.4, -0.2) is 49.2 Å². The lowest BCUT2D eigenvalue weighted by molar-refractivity contribution is 0.0738. The van der Waals surface area contributed by atoms with Crippen molar-refractivity contribution < 1.29 is 18.6 Å². The van der Waals surface area contributed by atoms with Gasteiger partial charge in [0.25, 0.3) is 0 Å². The van der Waals surface area contributed by atoms with E-state index in [0.29, 0.717) is 12.4 Å². The zero-order valence-corrected chi connectivity index (χ0v) is 12.2. The summed E-state index contributed by atoms with van der Waals surface area (Å²) >= 11 is 0. The van der Waals surface area contributed by atoms with Crippen molar-refractivity contribution in [2.75, 3.05) is 32.8 Å².